The second kappa shape index (κ2) is 3.79. The van der Waals surface area contributed by atoms with E-state index in [1.807, 2.05) is 13.8 Å². The summed E-state index contributed by atoms with van der Waals surface area (Å²) in [6, 6.07) is 5.02. The molecule has 5 heteroatoms. The molecule has 2 aromatic rings. The van der Waals surface area contributed by atoms with Gasteiger partial charge in [0, 0.05) is 10.9 Å². The van der Waals surface area contributed by atoms with Crippen molar-refractivity contribution in [2.45, 2.75) is 19.8 Å². The molecule has 0 bridgehead atoms. The Hall–Kier alpha value is -1.55. The molecule has 84 valence electrons. The maximum atomic E-state index is 11.9. The number of aromatic nitrogens is 2. The van der Waals surface area contributed by atoms with Crippen LogP contribution >= 0.6 is 11.6 Å². The van der Waals surface area contributed by atoms with Gasteiger partial charge < -0.3 is 5.84 Å². The van der Waals surface area contributed by atoms with Crippen molar-refractivity contribution in [1.29, 1.82) is 0 Å². The van der Waals surface area contributed by atoms with Gasteiger partial charge in [0.1, 0.15) is 5.82 Å². The predicted octanol–water partition coefficient (Wildman–Crippen LogP) is 1.89. The van der Waals surface area contributed by atoms with Gasteiger partial charge in [-0.15, -0.1) is 0 Å². The molecule has 16 heavy (non-hydrogen) atoms. The smallest absolute Gasteiger partial charge is 0.279 e. The molecule has 2 rings (SSSR count). The number of fused-ring (bicyclic) bond motifs is 1. The van der Waals surface area contributed by atoms with E-state index in [1.54, 1.807) is 18.2 Å². The Morgan fingerprint density at radius 2 is 2.12 bits per heavy atom. The zero-order chi connectivity index (χ0) is 11.9. The highest BCUT2D eigenvalue weighted by molar-refractivity contribution is 6.31. The third kappa shape index (κ3) is 1.65. The van der Waals surface area contributed by atoms with E-state index in [-0.39, 0.29) is 11.5 Å². The van der Waals surface area contributed by atoms with Gasteiger partial charge in [0.05, 0.1) is 10.9 Å². The van der Waals surface area contributed by atoms with Crippen LogP contribution in [0.25, 0.3) is 10.9 Å². The Kier molecular flexibility index (Phi) is 2.59. The van der Waals surface area contributed by atoms with Gasteiger partial charge in [0.2, 0.25) is 0 Å². The van der Waals surface area contributed by atoms with E-state index in [0.29, 0.717) is 21.7 Å². The fourth-order valence-corrected chi connectivity index (χ4v) is 1.77. The molecule has 0 spiro atoms. The maximum absolute atomic E-state index is 11.9. The SMILES string of the molecule is CC(C)c1nc2ccc(Cl)cc2c(=O)n1N. The van der Waals surface area contributed by atoms with Gasteiger partial charge in [0.15, 0.2) is 0 Å². The highest BCUT2D eigenvalue weighted by Gasteiger charge is 2.11. The number of nitrogens with two attached hydrogens (primary N) is 1. The summed E-state index contributed by atoms with van der Waals surface area (Å²) in [7, 11) is 0. The van der Waals surface area contributed by atoms with Crippen LogP contribution in [-0.4, -0.2) is 9.66 Å². The first-order chi connectivity index (χ1) is 7.50. The Labute approximate surface area is 97.6 Å². The zero-order valence-corrected chi connectivity index (χ0v) is 9.82. The van der Waals surface area contributed by atoms with E-state index in [4.69, 9.17) is 17.4 Å². The summed E-state index contributed by atoms with van der Waals surface area (Å²) < 4.78 is 1.09. The molecule has 0 saturated heterocycles. The number of benzene rings is 1. The van der Waals surface area contributed by atoms with Crippen molar-refractivity contribution in [3.63, 3.8) is 0 Å². The first kappa shape index (κ1) is 11.0. The minimum atomic E-state index is -0.267. The predicted molar refractivity (Wildman–Crippen MR) is 65.3 cm³/mol. The van der Waals surface area contributed by atoms with Crippen LogP contribution in [0.5, 0.6) is 0 Å². The number of halogens is 1. The standard InChI is InChI=1S/C11H12ClN3O/c1-6(2)10-14-9-4-3-7(12)5-8(9)11(16)15(10)13/h3-6H,13H2,1-2H3. The first-order valence-corrected chi connectivity index (χ1v) is 5.36. The summed E-state index contributed by atoms with van der Waals surface area (Å²) in [4.78, 5) is 16.3. The summed E-state index contributed by atoms with van der Waals surface area (Å²) in [6.07, 6.45) is 0. The molecule has 0 unspecified atom stereocenters. The normalized spacial score (nSPS) is 11.2. The summed E-state index contributed by atoms with van der Waals surface area (Å²) in [5.74, 6) is 6.36. The summed E-state index contributed by atoms with van der Waals surface area (Å²) in [6.45, 7) is 3.87. The Bertz CT molecular complexity index is 604. The number of nitrogen functional groups attached to an aromatic ring is 1. The molecule has 0 saturated carbocycles. The van der Waals surface area contributed by atoms with Crippen LogP contribution in [0.2, 0.25) is 5.02 Å². The van der Waals surface area contributed by atoms with Gasteiger partial charge in [-0.3, -0.25) is 4.79 Å². The van der Waals surface area contributed by atoms with Crippen molar-refractivity contribution in [1.82, 2.24) is 9.66 Å². The zero-order valence-electron chi connectivity index (χ0n) is 9.07. The summed E-state index contributed by atoms with van der Waals surface area (Å²) >= 11 is 5.83. The van der Waals surface area contributed by atoms with Gasteiger partial charge in [0.25, 0.3) is 5.56 Å². The molecule has 1 heterocycles. The Morgan fingerprint density at radius 3 is 2.75 bits per heavy atom. The van der Waals surface area contributed by atoms with Gasteiger partial charge >= 0.3 is 0 Å². The maximum Gasteiger partial charge on any atom is 0.279 e. The summed E-state index contributed by atoms with van der Waals surface area (Å²) in [5.41, 5.74) is 0.357. The van der Waals surface area contributed by atoms with Crippen molar-refractivity contribution in [3.05, 3.63) is 39.4 Å². The van der Waals surface area contributed by atoms with Crippen molar-refractivity contribution >= 4 is 22.5 Å². The Balaban J connectivity index is 2.88. The largest absolute Gasteiger partial charge is 0.335 e. The number of rotatable bonds is 1. The van der Waals surface area contributed by atoms with E-state index in [9.17, 15) is 4.79 Å². The number of hydrogen-bond donors (Lipinski definition) is 1. The van der Waals surface area contributed by atoms with Gasteiger partial charge in [-0.05, 0) is 18.2 Å². The fraction of sp³-hybridized carbons (Fsp3) is 0.273. The van der Waals surface area contributed by atoms with Crippen LogP contribution in [0.1, 0.15) is 25.6 Å². The molecule has 0 aliphatic rings. The lowest BCUT2D eigenvalue weighted by Crippen LogP contribution is -2.32. The van der Waals surface area contributed by atoms with Gasteiger partial charge in [-0.25, -0.2) is 9.66 Å². The van der Waals surface area contributed by atoms with E-state index < -0.39 is 0 Å². The monoisotopic (exact) mass is 237 g/mol. The lowest BCUT2D eigenvalue weighted by atomic mass is 10.2. The van der Waals surface area contributed by atoms with Crippen molar-refractivity contribution in [2.24, 2.45) is 0 Å². The molecule has 0 atom stereocenters. The molecule has 0 radical (unpaired) electrons. The van der Waals surface area contributed by atoms with Crippen molar-refractivity contribution in [2.75, 3.05) is 5.84 Å². The summed E-state index contributed by atoms with van der Waals surface area (Å²) in [5, 5.41) is 0.947. The molecule has 0 aliphatic carbocycles. The molecule has 0 fully saturated rings. The quantitative estimate of drug-likeness (QED) is 0.771. The average molecular weight is 238 g/mol. The van der Waals surface area contributed by atoms with E-state index >= 15 is 0 Å². The van der Waals surface area contributed by atoms with Crippen LogP contribution in [0.4, 0.5) is 0 Å². The van der Waals surface area contributed by atoms with Crippen LogP contribution in [0, 0.1) is 0 Å². The molecule has 1 aromatic carbocycles. The van der Waals surface area contributed by atoms with Crippen LogP contribution in [0.15, 0.2) is 23.0 Å². The lowest BCUT2D eigenvalue weighted by molar-refractivity contribution is 0.704. The highest BCUT2D eigenvalue weighted by Crippen LogP contribution is 2.17. The number of hydrogen-bond acceptors (Lipinski definition) is 3. The molecular formula is C11H12ClN3O. The second-order valence-corrected chi connectivity index (χ2v) is 4.40. The average Bonchev–Trinajstić information content (AvgIpc) is 2.23. The van der Waals surface area contributed by atoms with E-state index in [2.05, 4.69) is 4.98 Å². The molecule has 4 nitrogen and oxygen atoms in total. The fourth-order valence-electron chi connectivity index (χ4n) is 1.60. The highest BCUT2D eigenvalue weighted by atomic mass is 35.5. The van der Waals surface area contributed by atoms with Crippen LogP contribution in [-0.2, 0) is 0 Å². The van der Waals surface area contributed by atoms with Gasteiger partial charge in [-0.2, -0.15) is 0 Å². The molecular weight excluding hydrogens is 226 g/mol. The number of nitrogens with zero attached hydrogens (tertiary/aromatic N) is 2. The van der Waals surface area contributed by atoms with Crippen molar-refractivity contribution < 1.29 is 0 Å². The molecule has 0 aliphatic heterocycles. The van der Waals surface area contributed by atoms with Gasteiger partial charge in [-0.1, -0.05) is 25.4 Å². The van der Waals surface area contributed by atoms with Crippen LogP contribution < -0.4 is 11.4 Å². The minimum Gasteiger partial charge on any atom is -0.335 e. The lowest BCUT2D eigenvalue weighted by Gasteiger charge is -2.11. The molecule has 1 aromatic heterocycles. The third-order valence-corrected chi connectivity index (χ3v) is 2.64. The third-order valence-electron chi connectivity index (χ3n) is 2.41. The Morgan fingerprint density at radius 1 is 1.44 bits per heavy atom. The van der Waals surface area contributed by atoms with E-state index in [0.717, 1.165) is 4.68 Å². The van der Waals surface area contributed by atoms with Crippen molar-refractivity contribution in [3.8, 4) is 0 Å². The topological polar surface area (TPSA) is 60.9 Å². The minimum absolute atomic E-state index is 0.0952. The van der Waals surface area contributed by atoms with E-state index in [1.165, 1.54) is 0 Å². The first-order valence-electron chi connectivity index (χ1n) is 4.98. The molecule has 0 amide bonds. The second-order valence-electron chi connectivity index (χ2n) is 3.96. The molecule has 2 N–H and O–H groups in total. The van der Waals surface area contributed by atoms with Crippen LogP contribution in [0.3, 0.4) is 0 Å².